The van der Waals surface area contributed by atoms with E-state index in [-0.39, 0.29) is 35.2 Å². The van der Waals surface area contributed by atoms with Crippen LogP contribution in [-0.2, 0) is 11.8 Å². The number of rotatable bonds is 4. The molecule has 6 heterocycles. The number of piperazine rings is 1. The summed E-state index contributed by atoms with van der Waals surface area (Å²) >= 11 is 7.23. The first-order chi connectivity index (χ1) is 22.8. The van der Waals surface area contributed by atoms with Gasteiger partial charge in [-0.3, -0.25) is 23.7 Å². The van der Waals surface area contributed by atoms with Crippen molar-refractivity contribution in [3.8, 4) is 16.9 Å². The number of aromatic amines is 1. The maximum atomic E-state index is 15.1. The van der Waals surface area contributed by atoms with Crippen LogP contribution < -0.4 is 21.0 Å². The lowest BCUT2D eigenvalue weighted by atomic mass is 9.98. The van der Waals surface area contributed by atoms with Gasteiger partial charge in [0.05, 0.1) is 44.9 Å². The minimum Gasteiger partial charge on any atom is -0.366 e. The van der Waals surface area contributed by atoms with E-state index in [1.165, 1.54) is 6.08 Å². The molecule has 2 atom stereocenters. The molecule has 1 fully saturated rings. The van der Waals surface area contributed by atoms with Crippen molar-refractivity contribution in [1.29, 1.82) is 0 Å². The molecule has 0 aliphatic carbocycles. The van der Waals surface area contributed by atoms with Gasteiger partial charge in [0, 0.05) is 56.9 Å². The van der Waals surface area contributed by atoms with Crippen molar-refractivity contribution in [3.63, 3.8) is 0 Å². The van der Waals surface area contributed by atoms with Gasteiger partial charge in [-0.15, -0.1) is 0 Å². The smallest absolute Gasteiger partial charge is 0.326 e. The van der Waals surface area contributed by atoms with Crippen LogP contribution in [0, 0.1) is 13.8 Å². The molecule has 7 rings (SSSR count). The second-order valence-corrected chi connectivity index (χ2v) is 13.8. The summed E-state index contributed by atoms with van der Waals surface area (Å²) in [6.45, 7) is 15.3. The van der Waals surface area contributed by atoms with Crippen LogP contribution in [0.4, 0.5) is 11.4 Å². The fourth-order valence-corrected chi connectivity index (χ4v) is 7.84. The average molecular weight is 667 g/mol. The van der Waals surface area contributed by atoms with E-state index in [1.54, 1.807) is 22.4 Å². The molecule has 2 aliphatic rings. The van der Waals surface area contributed by atoms with Gasteiger partial charge in [-0.2, -0.15) is 0 Å². The number of H-pyrrole nitrogens is 1. The number of fused-ring (bicyclic) bond motifs is 6. The Kier molecular flexibility index (Phi) is 7.50. The number of halogens is 1. The van der Waals surface area contributed by atoms with Crippen molar-refractivity contribution in [2.24, 2.45) is 7.05 Å². The van der Waals surface area contributed by atoms with Gasteiger partial charge in [-0.05, 0) is 62.1 Å². The Bertz CT molecular complexity index is 2300. The summed E-state index contributed by atoms with van der Waals surface area (Å²) in [4.78, 5) is 59.7. The number of pyridine rings is 3. The number of aromatic nitrogens is 5. The average Bonchev–Trinajstić information content (AvgIpc) is 3.33. The number of nitrogens with zero attached hydrogens (tertiary/aromatic N) is 7. The number of carbonyl (C=O) groups is 1. The number of amides is 1. The van der Waals surface area contributed by atoms with Gasteiger partial charge in [0.2, 0.25) is 5.91 Å². The standard InChI is InChI=1S/C36H39ClN8O3/c1-9-26(46)43-17-22-16-41(7)33-31(44(22)15-21(43)6)23-14-24(37)29(27-19(4)10-11-25-32(27)42(8)36(48)39-25)40-34(23)45(35(33)47)30-20(5)12-13-38-28(30)18(2)3/h9-14,18,21-22H,1,15-17H2,2-8H3,(H,39,48). The van der Waals surface area contributed by atoms with Crippen LogP contribution >= 0.6 is 11.6 Å². The number of likely N-dealkylation sites (N-methyl/N-ethyl adjacent to an activating group) is 1. The molecule has 248 valence electrons. The second kappa shape index (κ2) is 11.4. The summed E-state index contributed by atoms with van der Waals surface area (Å²) < 4.78 is 3.27. The SMILES string of the molecule is C=CC(=O)N1CC2CN(C)c3c(c4cc(Cl)c(-c5c(C)ccc6[nH]c(=O)n(C)c56)nc4n(-c4c(C)ccnc4C(C)C)c3=O)N2CC1C. The fraction of sp³-hybridized carbons (Fsp3) is 0.361. The summed E-state index contributed by atoms with van der Waals surface area (Å²) in [5, 5.41) is 1.11. The van der Waals surface area contributed by atoms with Crippen LogP contribution in [0.1, 0.15) is 43.5 Å². The van der Waals surface area contributed by atoms with E-state index in [0.29, 0.717) is 64.0 Å². The molecule has 48 heavy (non-hydrogen) atoms. The van der Waals surface area contributed by atoms with E-state index in [9.17, 15) is 9.59 Å². The van der Waals surface area contributed by atoms with E-state index < -0.39 is 0 Å². The Morgan fingerprint density at radius 2 is 1.81 bits per heavy atom. The number of hydrogen-bond acceptors (Lipinski definition) is 7. The number of aryl methyl sites for hydroxylation is 3. The van der Waals surface area contributed by atoms with Crippen molar-refractivity contribution in [1.82, 2.24) is 29.0 Å². The van der Waals surface area contributed by atoms with Crippen molar-refractivity contribution < 1.29 is 4.79 Å². The molecular formula is C36H39ClN8O3. The quantitative estimate of drug-likeness (QED) is 0.267. The van der Waals surface area contributed by atoms with E-state index in [1.807, 2.05) is 61.9 Å². The van der Waals surface area contributed by atoms with Gasteiger partial charge in [0.1, 0.15) is 11.3 Å². The first kappa shape index (κ1) is 31.7. The highest BCUT2D eigenvalue weighted by molar-refractivity contribution is 6.34. The summed E-state index contributed by atoms with van der Waals surface area (Å²) in [5.41, 5.74) is 7.06. The van der Waals surface area contributed by atoms with Crippen molar-refractivity contribution >= 4 is 50.9 Å². The Balaban J connectivity index is 1.61. The Morgan fingerprint density at radius 1 is 1.06 bits per heavy atom. The third-order valence-electron chi connectivity index (χ3n) is 9.93. The third-order valence-corrected chi connectivity index (χ3v) is 10.2. The molecule has 1 N–H and O–H groups in total. The van der Waals surface area contributed by atoms with E-state index in [2.05, 4.69) is 30.3 Å². The molecule has 5 aromatic rings. The number of nitrogens with one attached hydrogen (secondary N) is 1. The Morgan fingerprint density at radius 3 is 2.52 bits per heavy atom. The number of anilines is 2. The van der Waals surface area contributed by atoms with Gasteiger partial charge in [0.15, 0.2) is 0 Å². The summed E-state index contributed by atoms with van der Waals surface area (Å²) in [6, 6.07) is 7.43. The van der Waals surface area contributed by atoms with Crippen molar-refractivity contribution in [2.75, 3.05) is 36.5 Å². The maximum Gasteiger partial charge on any atom is 0.326 e. The number of hydrogen-bond donors (Lipinski definition) is 1. The van der Waals surface area contributed by atoms with E-state index in [0.717, 1.165) is 27.9 Å². The van der Waals surface area contributed by atoms with Crippen LogP contribution in [-0.4, -0.2) is 73.7 Å². The fourth-order valence-electron chi connectivity index (χ4n) is 7.60. The summed E-state index contributed by atoms with van der Waals surface area (Å²) in [6.07, 6.45) is 3.13. The zero-order valence-electron chi connectivity index (χ0n) is 28.3. The highest BCUT2D eigenvalue weighted by Gasteiger charge is 2.41. The minimum atomic E-state index is -0.246. The second-order valence-electron chi connectivity index (χ2n) is 13.4. The number of benzene rings is 1. The van der Waals surface area contributed by atoms with Crippen LogP contribution in [0.5, 0.6) is 0 Å². The third kappa shape index (κ3) is 4.58. The van der Waals surface area contributed by atoms with Gasteiger partial charge >= 0.3 is 5.69 Å². The van der Waals surface area contributed by atoms with Gasteiger partial charge < -0.3 is 19.7 Å². The topological polar surface area (TPSA) is 112 Å². The molecule has 11 nitrogen and oxygen atoms in total. The Hall–Kier alpha value is -4.90. The predicted octanol–water partition coefficient (Wildman–Crippen LogP) is 5.06. The number of imidazole rings is 1. The molecular weight excluding hydrogens is 628 g/mol. The molecule has 1 amide bonds. The molecule has 0 saturated carbocycles. The van der Waals surface area contributed by atoms with Gasteiger partial charge in [-0.1, -0.05) is 38.1 Å². The van der Waals surface area contributed by atoms with Crippen molar-refractivity contribution in [3.05, 3.63) is 85.8 Å². The molecule has 12 heteroatoms. The van der Waals surface area contributed by atoms with Crippen LogP contribution in [0.2, 0.25) is 5.02 Å². The van der Waals surface area contributed by atoms with E-state index >= 15 is 4.79 Å². The predicted molar refractivity (Wildman–Crippen MR) is 192 cm³/mol. The lowest BCUT2D eigenvalue weighted by molar-refractivity contribution is -0.128. The first-order valence-electron chi connectivity index (χ1n) is 16.2. The lowest BCUT2D eigenvalue weighted by Crippen LogP contribution is -2.64. The van der Waals surface area contributed by atoms with Gasteiger partial charge in [0.25, 0.3) is 5.56 Å². The Labute approximate surface area is 283 Å². The lowest BCUT2D eigenvalue weighted by Gasteiger charge is -2.51. The summed E-state index contributed by atoms with van der Waals surface area (Å²) in [7, 11) is 3.64. The van der Waals surface area contributed by atoms with Gasteiger partial charge in [-0.25, -0.2) is 9.78 Å². The number of carbonyl (C=O) groups excluding carboxylic acids is 1. The monoisotopic (exact) mass is 666 g/mol. The van der Waals surface area contributed by atoms with Crippen LogP contribution in [0.25, 0.3) is 39.0 Å². The first-order valence-corrected chi connectivity index (χ1v) is 16.6. The highest BCUT2D eigenvalue weighted by atomic mass is 35.5. The molecule has 2 unspecified atom stereocenters. The summed E-state index contributed by atoms with van der Waals surface area (Å²) in [5.74, 6) is -0.0874. The van der Waals surface area contributed by atoms with E-state index in [4.69, 9.17) is 21.6 Å². The molecule has 4 aromatic heterocycles. The zero-order valence-corrected chi connectivity index (χ0v) is 29.0. The largest absolute Gasteiger partial charge is 0.366 e. The maximum absolute atomic E-state index is 15.1. The zero-order chi connectivity index (χ0) is 34.3. The van der Waals surface area contributed by atoms with Crippen LogP contribution in [0.3, 0.4) is 0 Å². The van der Waals surface area contributed by atoms with Crippen molar-refractivity contribution in [2.45, 2.75) is 52.6 Å². The molecule has 1 aromatic carbocycles. The normalized spacial score (nSPS) is 17.7. The molecule has 1 saturated heterocycles. The molecule has 0 radical (unpaired) electrons. The molecule has 0 spiro atoms. The minimum absolute atomic E-state index is 0.0217. The molecule has 2 aliphatic heterocycles. The highest BCUT2D eigenvalue weighted by Crippen LogP contribution is 2.44. The molecule has 0 bridgehead atoms. The van der Waals surface area contributed by atoms with Crippen LogP contribution in [0.15, 0.2) is 52.7 Å².